The summed E-state index contributed by atoms with van der Waals surface area (Å²) < 4.78 is 23.1. The molecular formula is C20H25NO4. The summed E-state index contributed by atoms with van der Waals surface area (Å²) in [6.07, 6.45) is -0.294. The van der Waals surface area contributed by atoms with E-state index in [9.17, 15) is 0 Å². The van der Waals surface area contributed by atoms with Gasteiger partial charge in [0.2, 0.25) is 0 Å². The maximum atomic E-state index is 6.37. The Hall–Kier alpha value is -2.24. The van der Waals surface area contributed by atoms with E-state index in [1.807, 2.05) is 24.3 Å². The molecule has 0 bridgehead atoms. The lowest BCUT2D eigenvalue weighted by atomic mass is 10.0. The van der Waals surface area contributed by atoms with Crippen LogP contribution >= 0.6 is 0 Å². The average Bonchev–Trinajstić information content (AvgIpc) is 2.66. The molecule has 1 N–H and O–H groups in total. The number of rotatable bonds is 6. The molecule has 5 nitrogen and oxygen atoms in total. The smallest absolute Gasteiger partial charge is 0.164 e. The predicted octanol–water partition coefficient (Wildman–Crippen LogP) is 3.12. The molecule has 2 atom stereocenters. The van der Waals surface area contributed by atoms with E-state index in [1.165, 1.54) is 5.56 Å². The highest BCUT2D eigenvalue weighted by atomic mass is 16.6. The van der Waals surface area contributed by atoms with Crippen molar-refractivity contribution in [3.05, 3.63) is 53.6 Å². The molecule has 25 heavy (non-hydrogen) atoms. The molecule has 1 aliphatic rings. The zero-order chi connectivity index (χ0) is 17.6. The van der Waals surface area contributed by atoms with Gasteiger partial charge in [0.1, 0.15) is 11.9 Å². The van der Waals surface area contributed by atoms with Gasteiger partial charge in [0, 0.05) is 19.2 Å². The Morgan fingerprint density at radius 1 is 1.08 bits per heavy atom. The van der Waals surface area contributed by atoms with Crippen LogP contribution in [0.3, 0.4) is 0 Å². The molecule has 0 aliphatic carbocycles. The summed E-state index contributed by atoms with van der Waals surface area (Å²) in [6, 6.07) is 13.9. The summed E-state index contributed by atoms with van der Waals surface area (Å²) in [6.45, 7) is 4.37. The predicted molar refractivity (Wildman–Crippen MR) is 96.7 cm³/mol. The Morgan fingerprint density at radius 2 is 1.96 bits per heavy atom. The van der Waals surface area contributed by atoms with Gasteiger partial charge in [-0.1, -0.05) is 29.8 Å². The lowest BCUT2D eigenvalue weighted by Gasteiger charge is -2.32. The lowest BCUT2D eigenvalue weighted by Crippen LogP contribution is -2.43. The molecule has 1 fully saturated rings. The third-order valence-electron chi connectivity index (χ3n) is 4.29. The largest absolute Gasteiger partial charge is 0.497 e. The van der Waals surface area contributed by atoms with Crippen LogP contribution in [0.15, 0.2) is 42.5 Å². The number of aryl methyl sites for hydroxylation is 1. The monoisotopic (exact) mass is 343 g/mol. The van der Waals surface area contributed by atoms with Gasteiger partial charge in [-0.3, -0.25) is 0 Å². The first-order valence-electron chi connectivity index (χ1n) is 8.49. The molecule has 0 saturated carbocycles. The fourth-order valence-corrected chi connectivity index (χ4v) is 2.99. The van der Waals surface area contributed by atoms with E-state index in [0.29, 0.717) is 18.1 Å². The van der Waals surface area contributed by atoms with Crippen LogP contribution < -0.4 is 19.5 Å². The summed E-state index contributed by atoms with van der Waals surface area (Å²) >= 11 is 0. The minimum absolute atomic E-state index is 0.0673. The first kappa shape index (κ1) is 17.6. The molecular weight excluding hydrogens is 318 g/mol. The second kappa shape index (κ2) is 8.23. The Kier molecular flexibility index (Phi) is 5.79. The van der Waals surface area contributed by atoms with Crippen LogP contribution in [0, 0.1) is 6.92 Å². The number of methoxy groups -OCH3 is 2. The van der Waals surface area contributed by atoms with E-state index in [-0.39, 0.29) is 12.2 Å². The van der Waals surface area contributed by atoms with Crippen LogP contribution in [0.25, 0.3) is 0 Å². The quantitative estimate of drug-likeness (QED) is 0.873. The first-order chi connectivity index (χ1) is 12.2. The molecule has 134 valence electrons. The molecule has 0 amide bonds. The van der Waals surface area contributed by atoms with Crippen molar-refractivity contribution in [2.45, 2.75) is 19.1 Å². The van der Waals surface area contributed by atoms with Gasteiger partial charge in [-0.25, -0.2) is 0 Å². The van der Waals surface area contributed by atoms with Gasteiger partial charge in [0.05, 0.1) is 20.8 Å². The van der Waals surface area contributed by atoms with Crippen molar-refractivity contribution in [3.63, 3.8) is 0 Å². The number of ether oxygens (including phenoxy) is 4. The lowest BCUT2D eigenvalue weighted by molar-refractivity contribution is -0.0438. The second-order valence-corrected chi connectivity index (χ2v) is 6.08. The zero-order valence-electron chi connectivity index (χ0n) is 15.0. The van der Waals surface area contributed by atoms with Gasteiger partial charge in [0.15, 0.2) is 17.6 Å². The van der Waals surface area contributed by atoms with Crippen molar-refractivity contribution < 1.29 is 18.9 Å². The van der Waals surface area contributed by atoms with Crippen LogP contribution in [0.1, 0.15) is 17.2 Å². The Labute approximate surface area is 148 Å². The normalized spacial score (nSPS) is 18.4. The number of nitrogens with one attached hydrogen (secondary N) is 1. The Morgan fingerprint density at radius 3 is 2.64 bits per heavy atom. The van der Waals surface area contributed by atoms with E-state index in [4.69, 9.17) is 18.9 Å². The molecule has 1 unspecified atom stereocenters. The maximum Gasteiger partial charge on any atom is 0.164 e. The standard InChI is InChI=1S/C20H25NO4/c1-14-5-4-6-15(11-14)20(19-13-21-9-10-24-19)25-17-8-7-16(22-2)12-18(17)23-3/h4-8,11-12,19-21H,9-10,13H2,1-3H3/t19-,20?/m0/s1. The van der Waals surface area contributed by atoms with E-state index in [1.54, 1.807) is 14.2 Å². The summed E-state index contributed by atoms with van der Waals surface area (Å²) in [4.78, 5) is 0. The average molecular weight is 343 g/mol. The van der Waals surface area contributed by atoms with Crippen molar-refractivity contribution in [2.75, 3.05) is 33.9 Å². The Balaban J connectivity index is 1.92. The fourth-order valence-electron chi connectivity index (χ4n) is 2.99. The summed E-state index contributed by atoms with van der Waals surface area (Å²) in [7, 11) is 3.26. The van der Waals surface area contributed by atoms with Gasteiger partial charge in [0.25, 0.3) is 0 Å². The summed E-state index contributed by atoms with van der Waals surface area (Å²) in [5.41, 5.74) is 2.28. The van der Waals surface area contributed by atoms with E-state index < -0.39 is 0 Å². The van der Waals surface area contributed by atoms with Crippen molar-refractivity contribution in [1.29, 1.82) is 0 Å². The molecule has 1 saturated heterocycles. The highest BCUT2D eigenvalue weighted by Gasteiger charge is 2.29. The highest BCUT2D eigenvalue weighted by molar-refractivity contribution is 5.46. The molecule has 1 heterocycles. The van der Waals surface area contributed by atoms with Gasteiger partial charge in [-0.05, 0) is 24.6 Å². The van der Waals surface area contributed by atoms with Crippen molar-refractivity contribution in [3.8, 4) is 17.2 Å². The molecule has 0 radical (unpaired) electrons. The molecule has 3 rings (SSSR count). The summed E-state index contributed by atoms with van der Waals surface area (Å²) in [5, 5.41) is 3.38. The minimum Gasteiger partial charge on any atom is -0.497 e. The van der Waals surface area contributed by atoms with Gasteiger partial charge in [-0.2, -0.15) is 0 Å². The summed E-state index contributed by atoms with van der Waals surface area (Å²) in [5.74, 6) is 2.04. The molecule has 2 aromatic carbocycles. The number of hydrogen-bond donors (Lipinski definition) is 1. The number of morpholine rings is 1. The van der Waals surface area contributed by atoms with Crippen LogP contribution in [0.5, 0.6) is 17.2 Å². The maximum absolute atomic E-state index is 6.37. The molecule has 2 aromatic rings. The molecule has 0 aromatic heterocycles. The van der Waals surface area contributed by atoms with Crippen molar-refractivity contribution >= 4 is 0 Å². The van der Waals surface area contributed by atoms with Gasteiger partial charge in [-0.15, -0.1) is 0 Å². The fraction of sp³-hybridized carbons (Fsp3) is 0.400. The van der Waals surface area contributed by atoms with E-state index >= 15 is 0 Å². The SMILES string of the molecule is COc1ccc(OC(c2cccc(C)c2)[C@@H]2CNCCO2)c(OC)c1. The third kappa shape index (κ3) is 4.24. The van der Waals surface area contributed by atoms with E-state index in [0.717, 1.165) is 24.4 Å². The Bertz CT molecular complexity index is 698. The van der Waals surface area contributed by atoms with E-state index in [2.05, 4.69) is 30.4 Å². The number of benzene rings is 2. The van der Waals surface area contributed by atoms with Crippen LogP contribution in [-0.2, 0) is 4.74 Å². The first-order valence-corrected chi connectivity index (χ1v) is 8.49. The van der Waals surface area contributed by atoms with Gasteiger partial charge < -0.3 is 24.3 Å². The second-order valence-electron chi connectivity index (χ2n) is 6.08. The van der Waals surface area contributed by atoms with Crippen LogP contribution in [0.4, 0.5) is 0 Å². The van der Waals surface area contributed by atoms with Crippen LogP contribution in [0.2, 0.25) is 0 Å². The van der Waals surface area contributed by atoms with Crippen molar-refractivity contribution in [2.24, 2.45) is 0 Å². The molecule has 1 aliphatic heterocycles. The van der Waals surface area contributed by atoms with Crippen molar-refractivity contribution in [1.82, 2.24) is 5.32 Å². The highest BCUT2D eigenvalue weighted by Crippen LogP contribution is 2.36. The third-order valence-corrected chi connectivity index (χ3v) is 4.29. The number of hydrogen-bond acceptors (Lipinski definition) is 5. The van der Waals surface area contributed by atoms with Gasteiger partial charge >= 0.3 is 0 Å². The van der Waals surface area contributed by atoms with Crippen LogP contribution in [-0.4, -0.2) is 40.0 Å². The topological polar surface area (TPSA) is 49.0 Å². The molecule has 0 spiro atoms. The zero-order valence-corrected chi connectivity index (χ0v) is 15.0. The minimum atomic E-state index is -0.227. The molecule has 5 heteroatoms.